The molecular formula is C11H18ClN3O. The quantitative estimate of drug-likeness (QED) is 0.827. The van der Waals surface area contributed by atoms with Crippen LogP contribution in [-0.2, 0) is 11.3 Å². The first-order chi connectivity index (χ1) is 7.33. The van der Waals surface area contributed by atoms with Gasteiger partial charge in [-0.15, -0.1) is 11.6 Å². The van der Waals surface area contributed by atoms with Gasteiger partial charge in [0.15, 0.2) is 0 Å². The van der Waals surface area contributed by atoms with Crippen LogP contribution in [0.4, 0.5) is 0 Å². The molecule has 0 radical (unpaired) electrons. The molecule has 16 heavy (non-hydrogen) atoms. The summed E-state index contributed by atoms with van der Waals surface area (Å²) in [5, 5.41) is 6.24. The lowest BCUT2D eigenvalue weighted by atomic mass is 10.1. The lowest BCUT2D eigenvalue weighted by Gasteiger charge is -2.22. The molecule has 0 aromatic carbocycles. The van der Waals surface area contributed by atoms with Gasteiger partial charge in [0.2, 0.25) is 5.91 Å². The van der Waals surface area contributed by atoms with Gasteiger partial charge in [0, 0.05) is 23.8 Å². The zero-order valence-electron chi connectivity index (χ0n) is 10.1. The average Bonchev–Trinajstić information content (AvgIpc) is 2.61. The summed E-state index contributed by atoms with van der Waals surface area (Å²) in [4.78, 5) is 11.8. The molecule has 0 aliphatic rings. The molecule has 0 saturated carbocycles. The normalized spacial score (nSPS) is 13.6. The lowest BCUT2D eigenvalue weighted by Crippen LogP contribution is -2.42. The maximum absolute atomic E-state index is 11.8. The van der Waals surface area contributed by atoms with Gasteiger partial charge in [0.25, 0.3) is 0 Å². The Balaban J connectivity index is 2.70. The number of carbonyl (C=O) groups excluding carboxylic acids is 1. The van der Waals surface area contributed by atoms with Crippen LogP contribution in [0, 0.1) is 0 Å². The van der Waals surface area contributed by atoms with E-state index in [-0.39, 0.29) is 11.4 Å². The van der Waals surface area contributed by atoms with Gasteiger partial charge in [0.05, 0.1) is 6.20 Å². The van der Waals surface area contributed by atoms with Crippen LogP contribution < -0.4 is 5.32 Å². The molecule has 0 bridgehead atoms. The summed E-state index contributed by atoms with van der Waals surface area (Å²) in [7, 11) is 0. The third-order valence-electron chi connectivity index (χ3n) is 2.00. The van der Waals surface area contributed by atoms with Crippen LogP contribution in [0.2, 0.25) is 0 Å². The van der Waals surface area contributed by atoms with Crippen molar-refractivity contribution in [3.63, 3.8) is 0 Å². The molecule has 90 valence electrons. The van der Waals surface area contributed by atoms with E-state index in [2.05, 4.69) is 10.4 Å². The molecule has 1 aromatic rings. The number of halogens is 1. The number of aromatic nitrogens is 2. The minimum atomic E-state index is -0.681. The van der Waals surface area contributed by atoms with Crippen LogP contribution in [0.5, 0.6) is 0 Å². The molecule has 1 atom stereocenters. The molecule has 1 amide bonds. The number of nitrogens with one attached hydrogen (secondary N) is 1. The van der Waals surface area contributed by atoms with Crippen LogP contribution in [0.15, 0.2) is 12.4 Å². The molecule has 1 N–H and O–H groups in total. The van der Waals surface area contributed by atoms with E-state index in [0.717, 1.165) is 12.1 Å². The Labute approximate surface area is 101 Å². The van der Waals surface area contributed by atoms with E-state index in [1.54, 1.807) is 17.1 Å². The van der Waals surface area contributed by atoms with Crippen molar-refractivity contribution in [2.24, 2.45) is 0 Å². The topological polar surface area (TPSA) is 46.9 Å². The molecule has 0 spiro atoms. The predicted molar refractivity (Wildman–Crippen MR) is 64.4 cm³/mol. The van der Waals surface area contributed by atoms with E-state index in [1.807, 2.05) is 27.7 Å². The Morgan fingerprint density at radius 3 is 2.69 bits per heavy atom. The molecule has 1 heterocycles. The van der Waals surface area contributed by atoms with Crippen molar-refractivity contribution in [1.82, 2.24) is 15.1 Å². The van der Waals surface area contributed by atoms with Crippen LogP contribution in [0.3, 0.4) is 0 Å². The Morgan fingerprint density at radius 1 is 1.62 bits per heavy atom. The Morgan fingerprint density at radius 2 is 2.25 bits per heavy atom. The number of carbonyl (C=O) groups is 1. The number of hydrogen-bond donors (Lipinski definition) is 1. The highest BCUT2D eigenvalue weighted by atomic mass is 35.5. The van der Waals surface area contributed by atoms with Crippen molar-refractivity contribution >= 4 is 17.5 Å². The zero-order chi connectivity index (χ0) is 12.3. The van der Waals surface area contributed by atoms with E-state index >= 15 is 0 Å². The van der Waals surface area contributed by atoms with Crippen LogP contribution in [0.1, 0.15) is 38.6 Å². The monoisotopic (exact) mass is 243 g/mol. The fourth-order valence-electron chi connectivity index (χ4n) is 1.27. The Hall–Kier alpha value is -1.03. The van der Waals surface area contributed by atoms with Gasteiger partial charge in [-0.05, 0) is 27.7 Å². The molecule has 1 unspecified atom stereocenters. The standard InChI is InChI=1S/C11H18ClN3O/c1-5-15-7-8(6-13-15)9(12)10(16)14-11(2,3)4/h6-7,9H,5H2,1-4H3,(H,14,16). The summed E-state index contributed by atoms with van der Waals surface area (Å²) >= 11 is 6.07. The van der Waals surface area contributed by atoms with Crippen molar-refractivity contribution in [3.05, 3.63) is 18.0 Å². The van der Waals surface area contributed by atoms with Crippen molar-refractivity contribution in [3.8, 4) is 0 Å². The first-order valence-corrected chi connectivity index (χ1v) is 5.75. The highest BCUT2D eigenvalue weighted by Crippen LogP contribution is 2.20. The van der Waals surface area contributed by atoms with Gasteiger partial charge < -0.3 is 5.32 Å². The number of amides is 1. The summed E-state index contributed by atoms with van der Waals surface area (Å²) in [6.45, 7) is 8.51. The molecular weight excluding hydrogens is 226 g/mol. The van der Waals surface area contributed by atoms with E-state index in [4.69, 9.17) is 11.6 Å². The minimum absolute atomic E-state index is 0.190. The van der Waals surface area contributed by atoms with Gasteiger partial charge in [-0.25, -0.2) is 0 Å². The van der Waals surface area contributed by atoms with Crippen molar-refractivity contribution in [1.29, 1.82) is 0 Å². The summed E-state index contributed by atoms with van der Waals surface area (Å²) in [5.41, 5.74) is 0.454. The number of alkyl halides is 1. The van der Waals surface area contributed by atoms with Gasteiger partial charge in [-0.3, -0.25) is 9.48 Å². The molecule has 0 aliphatic heterocycles. The second-order valence-electron chi connectivity index (χ2n) is 4.73. The number of hydrogen-bond acceptors (Lipinski definition) is 2. The Kier molecular flexibility index (Phi) is 3.97. The first-order valence-electron chi connectivity index (χ1n) is 5.32. The maximum atomic E-state index is 11.8. The van der Waals surface area contributed by atoms with Gasteiger partial charge in [-0.1, -0.05) is 0 Å². The third kappa shape index (κ3) is 3.52. The fraction of sp³-hybridized carbons (Fsp3) is 0.636. The fourth-order valence-corrected chi connectivity index (χ4v) is 1.43. The smallest absolute Gasteiger partial charge is 0.243 e. The zero-order valence-corrected chi connectivity index (χ0v) is 10.9. The highest BCUT2D eigenvalue weighted by Gasteiger charge is 2.23. The van der Waals surface area contributed by atoms with Crippen LogP contribution in [0.25, 0.3) is 0 Å². The van der Waals surface area contributed by atoms with E-state index < -0.39 is 5.38 Å². The third-order valence-corrected chi connectivity index (χ3v) is 2.45. The van der Waals surface area contributed by atoms with Gasteiger partial charge >= 0.3 is 0 Å². The number of nitrogens with zero attached hydrogens (tertiary/aromatic N) is 2. The molecule has 1 rings (SSSR count). The molecule has 4 nitrogen and oxygen atoms in total. The number of rotatable bonds is 3. The van der Waals surface area contributed by atoms with Gasteiger partial charge in [0.1, 0.15) is 5.38 Å². The maximum Gasteiger partial charge on any atom is 0.243 e. The molecule has 5 heteroatoms. The largest absolute Gasteiger partial charge is 0.350 e. The van der Waals surface area contributed by atoms with E-state index in [1.165, 1.54) is 0 Å². The van der Waals surface area contributed by atoms with Crippen molar-refractivity contribution in [2.75, 3.05) is 0 Å². The minimum Gasteiger partial charge on any atom is -0.350 e. The summed E-state index contributed by atoms with van der Waals surface area (Å²) < 4.78 is 1.75. The van der Waals surface area contributed by atoms with Crippen molar-refractivity contribution in [2.45, 2.75) is 45.2 Å². The number of aryl methyl sites for hydroxylation is 1. The average molecular weight is 244 g/mol. The molecule has 0 aliphatic carbocycles. The van der Waals surface area contributed by atoms with Crippen LogP contribution in [-0.4, -0.2) is 21.2 Å². The highest BCUT2D eigenvalue weighted by molar-refractivity contribution is 6.30. The molecule has 0 saturated heterocycles. The summed E-state index contributed by atoms with van der Waals surface area (Å²) in [6, 6.07) is 0. The predicted octanol–water partition coefficient (Wildman–Crippen LogP) is 2.10. The lowest BCUT2D eigenvalue weighted by molar-refractivity contribution is -0.122. The van der Waals surface area contributed by atoms with Gasteiger partial charge in [-0.2, -0.15) is 5.10 Å². The molecule has 1 aromatic heterocycles. The summed E-state index contributed by atoms with van der Waals surface area (Å²) in [5.74, 6) is -0.190. The SMILES string of the molecule is CCn1cc(C(Cl)C(=O)NC(C)(C)C)cn1. The summed E-state index contributed by atoms with van der Waals surface area (Å²) in [6.07, 6.45) is 3.42. The van der Waals surface area contributed by atoms with E-state index in [0.29, 0.717) is 0 Å². The second-order valence-corrected chi connectivity index (χ2v) is 5.17. The van der Waals surface area contributed by atoms with E-state index in [9.17, 15) is 4.79 Å². The van der Waals surface area contributed by atoms with Crippen LogP contribution >= 0.6 is 11.6 Å². The first kappa shape index (κ1) is 13.0. The van der Waals surface area contributed by atoms with Crippen molar-refractivity contribution < 1.29 is 4.79 Å². The Bertz CT molecular complexity index is 368. The second kappa shape index (κ2) is 4.87. The molecule has 0 fully saturated rings.